The van der Waals surface area contributed by atoms with E-state index in [4.69, 9.17) is 5.11 Å². The number of aliphatic hydroxyl groups excluding tert-OH is 1. The number of hydrogen-bond acceptors (Lipinski definition) is 1. The minimum atomic E-state index is 0. The Morgan fingerprint density at radius 2 is 1.00 bits per heavy atom. The van der Waals surface area contributed by atoms with E-state index < -0.39 is 0 Å². The Kier molecular flexibility index (Phi) is 15.9. The molecule has 0 heterocycles. The largest absolute Gasteiger partial charge is 1.00 e. The quantitative estimate of drug-likeness (QED) is 0.521. The molecule has 0 rings (SSSR count). The Morgan fingerprint density at radius 3 is 1.28 bits per heavy atom. The molecule has 0 aliphatic rings. The van der Waals surface area contributed by atoms with Gasteiger partial charge in [0.1, 0.15) is 0 Å². The van der Waals surface area contributed by atoms with Gasteiger partial charge in [0.15, 0.2) is 0 Å². The molecule has 0 atom stereocenters. The highest BCUT2D eigenvalue weighted by Crippen LogP contribution is 2.15. The molecule has 0 saturated carbocycles. The van der Waals surface area contributed by atoms with Crippen LogP contribution < -0.4 is 17.0 Å². The standard InChI is InChI=1S/C15H34NO.BrH/c1-4-7-11-16(12-8-5-2,13-9-6-3)14-10-15-17;/h17H,4-15H2,1-3H3;1H/q+1;/p-1. The second-order valence-corrected chi connectivity index (χ2v) is 5.37. The number of rotatable bonds is 12. The van der Waals surface area contributed by atoms with E-state index in [2.05, 4.69) is 20.8 Å². The van der Waals surface area contributed by atoms with Crippen molar-refractivity contribution in [2.24, 2.45) is 0 Å². The zero-order chi connectivity index (χ0) is 13.0. The van der Waals surface area contributed by atoms with Gasteiger partial charge in [-0.3, -0.25) is 0 Å². The van der Waals surface area contributed by atoms with E-state index in [0.717, 1.165) is 6.42 Å². The first-order valence-electron chi connectivity index (χ1n) is 7.70. The number of nitrogens with zero attached hydrogens (tertiary/aromatic N) is 1. The molecule has 112 valence electrons. The van der Waals surface area contributed by atoms with Crippen LogP contribution in [0.4, 0.5) is 0 Å². The van der Waals surface area contributed by atoms with Gasteiger partial charge in [0, 0.05) is 13.0 Å². The fourth-order valence-electron chi connectivity index (χ4n) is 2.56. The third-order valence-corrected chi connectivity index (χ3v) is 3.75. The van der Waals surface area contributed by atoms with Crippen LogP contribution in [0.1, 0.15) is 65.7 Å². The maximum absolute atomic E-state index is 9.10. The summed E-state index contributed by atoms with van der Waals surface area (Å²) in [5, 5.41) is 9.10. The lowest BCUT2D eigenvalue weighted by molar-refractivity contribution is -0.929. The average molecular weight is 324 g/mol. The van der Waals surface area contributed by atoms with E-state index in [1.807, 2.05) is 0 Å². The predicted molar refractivity (Wildman–Crippen MR) is 76.2 cm³/mol. The maximum Gasteiger partial charge on any atom is 0.0808 e. The fourth-order valence-corrected chi connectivity index (χ4v) is 2.56. The Hall–Kier alpha value is 0.400. The smallest absolute Gasteiger partial charge is 0.0808 e. The van der Waals surface area contributed by atoms with Crippen molar-refractivity contribution in [3.05, 3.63) is 0 Å². The molecule has 0 aliphatic heterocycles. The van der Waals surface area contributed by atoms with Crippen LogP contribution in [0.15, 0.2) is 0 Å². The molecule has 0 aromatic carbocycles. The Labute approximate surface area is 125 Å². The fraction of sp³-hybridized carbons (Fsp3) is 1.00. The van der Waals surface area contributed by atoms with Gasteiger partial charge in [-0.25, -0.2) is 0 Å². The SMILES string of the molecule is CCCC[N+](CCCC)(CCCC)CCCO.[Br-]. The first-order chi connectivity index (χ1) is 8.24. The van der Waals surface area contributed by atoms with Gasteiger partial charge in [-0.15, -0.1) is 0 Å². The summed E-state index contributed by atoms with van der Waals surface area (Å²) in [5.74, 6) is 0. The van der Waals surface area contributed by atoms with Gasteiger partial charge in [0.05, 0.1) is 26.2 Å². The zero-order valence-electron chi connectivity index (χ0n) is 12.8. The maximum atomic E-state index is 9.10. The molecule has 0 saturated heterocycles. The van der Waals surface area contributed by atoms with Crippen LogP contribution in [0.5, 0.6) is 0 Å². The van der Waals surface area contributed by atoms with Crippen LogP contribution in [-0.2, 0) is 0 Å². The third kappa shape index (κ3) is 9.35. The summed E-state index contributed by atoms with van der Waals surface area (Å²) in [7, 11) is 0. The molecular formula is C15H34BrNO. The molecule has 0 aromatic heterocycles. The molecule has 0 bridgehead atoms. The summed E-state index contributed by atoms with van der Waals surface area (Å²) < 4.78 is 1.26. The molecule has 0 radical (unpaired) electrons. The van der Waals surface area contributed by atoms with E-state index >= 15 is 0 Å². The van der Waals surface area contributed by atoms with Crippen molar-refractivity contribution in [3.8, 4) is 0 Å². The van der Waals surface area contributed by atoms with Crippen molar-refractivity contribution in [2.75, 3.05) is 32.8 Å². The van der Waals surface area contributed by atoms with E-state index in [1.54, 1.807) is 0 Å². The second kappa shape index (κ2) is 13.8. The number of aliphatic hydroxyl groups is 1. The second-order valence-electron chi connectivity index (χ2n) is 5.37. The Morgan fingerprint density at radius 1 is 0.667 bits per heavy atom. The number of unbranched alkanes of at least 4 members (excludes halogenated alkanes) is 3. The van der Waals surface area contributed by atoms with Crippen molar-refractivity contribution in [1.82, 2.24) is 0 Å². The third-order valence-electron chi connectivity index (χ3n) is 3.75. The van der Waals surface area contributed by atoms with Crippen molar-refractivity contribution in [1.29, 1.82) is 0 Å². The van der Waals surface area contributed by atoms with Gasteiger partial charge in [0.2, 0.25) is 0 Å². The summed E-state index contributed by atoms with van der Waals surface area (Å²) >= 11 is 0. The first kappa shape index (κ1) is 20.7. The van der Waals surface area contributed by atoms with Gasteiger partial charge < -0.3 is 26.6 Å². The van der Waals surface area contributed by atoms with E-state index in [0.29, 0.717) is 6.61 Å². The van der Waals surface area contributed by atoms with Crippen LogP contribution in [-0.4, -0.2) is 42.4 Å². The molecule has 0 unspecified atom stereocenters. The van der Waals surface area contributed by atoms with Crippen LogP contribution in [0.2, 0.25) is 0 Å². The molecule has 0 aromatic rings. The van der Waals surface area contributed by atoms with Gasteiger partial charge >= 0.3 is 0 Å². The highest BCUT2D eigenvalue weighted by molar-refractivity contribution is 4.49. The van der Waals surface area contributed by atoms with Gasteiger partial charge in [-0.2, -0.15) is 0 Å². The van der Waals surface area contributed by atoms with Crippen molar-refractivity contribution >= 4 is 0 Å². The lowest BCUT2D eigenvalue weighted by Gasteiger charge is -2.39. The summed E-state index contributed by atoms with van der Waals surface area (Å²) in [6.07, 6.45) is 8.83. The van der Waals surface area contributed by atoms with Crippen molar-refractivity contribution in [3.63, 3.8) is 0 Å². The average Bonchev–Trinajstić information content (AvgIpc) is 2.37. The topological polar surface area (TPSA) is 20.2 Å². The van der Waals surface area contributed by atoms with Crippen molar-refractivity contribution in [2.45, 2.75) is 65.7 Å². The predicted octanol–water partition coefficient (Wildman–Crippen LogP) is 0.590. The Balaban J connectivity index is 0. The molecule has 0 aliphatic carbocycles. The minimum absolute atomic E-state index is 0. The minimum Gasteiger partial charge on any atom is -1.00 e. The van der Waals surface area contributed by atoms with Crippen molar-refractivity contribution < 1.29 is 26.6 Å². The molecule has 18 heavy (non-hydrogen) atoms. The molecule has 2 nitrogen and oxygen atoms in total. The highest BCUT2D eigenvalue weighted by atomic mass is 79.9. The lowest BCUT2D eigenvalue weighted by Crippen LogP contribution is -3.00. The molecule has 0 fully saturated rings. The summed E-state index contributed by atoms with van der Waals surface area (Å²) in [6.45, 7) is 12.3. The van der Waals surface area contributed by atoms with Gasteiger partial charge in [-0.05, 0) is 19.3 Å². The van der Waals surface area contributed by atoms with Crippen LogP contribution in [0.25, 0.3) is 0 Å². The van der Waals surface area contributed by atoms with Gasteiger partial charge in [-0.1, -0.05) is 40.0 Å². The Bertz CT molecular complexity index is 127. The van der Waals surface area contributed by atoms with E-state index in [9.17, 15) is 0 Å². The van der Waals surface area contributed by atoms with Crippen LogP contribution in [0.3, 0.4) is 0 Å². The summed E-state index contributed by atoms with van der Waals surface area (Å²) in [5.41, 5.74) is 0. The number of hydrogen-bond donors (Lipinski definition) is 1. The molecular weight excluding hydrogens is 290 g/mol. The lowest BCUT2D eigenvalue weighted by atomic mass is 10.1. The summed E-state index contributed by atoms with van der Waals surface area (Å²) in [4.78, 5) is 0. The number of halogens is 1. The first-order valence-corrected chi connectivity index (χ1v) is 7.70. The van der Waals surface area contributed by atoms with Crippen LogP contribution >= 0.6 is 0 Å². The highest BCUT2D eigenvalue weighted by Gasteiger charge is 2.24. The normalized spacial score (nSPS) is 11.3. The summed E-state index contributed by atoms with van der Waals surface area (Å²) in [6, 6.07) is 0. The number of quaternary nitrogens is 1. The van der Waals surface area contributed by atoms with Gasteiger partial charge in [0.25, 0.3) is 0 Å². The molecule has 3 heteroatoms. The van der Waals surface area contributed by atoms with Crippen LogP contribution in [0, 0.1) is 0 Å². The monoisotopic (exact) mass is 323 g/mol. The zero-order valence-corrected chi connectivity index (χ0v) is 14.3. The molecule has 0 spiro atoms. The molecule has 0 amide bonds. The van der Waals surface area contributed by atoms with E-state index in [1.165, 1.54) is 69.2 Å². The van der Waals surface area contributed by atoms with E-state index in [-0.39, 0.29) is 17.0 Å². The molecule has 1 N–H and O–H groups in total.